The van der Waals surface area contributed by atoms with Crippen molar-refractivity contribution in [3.05, 3.63) is 41.7 Å². The lowest BCUT2D eigenvalue weighted by Gasteiger charge is -2.13. The molecule has 1 N–H and O–H groups in total. The molecule has 0 unspecified atom stereocenters. The number of hydrogen-bond donors (Lipinski definition) is 1. The van der Waals surface area contributed by atoms with Crippen molar-refractivity contribution in [2.75, 3.05) is 5.32 Å². The number of benzene rings is 1. The number of aromatic nitrogens is 2. The second-order valence-electron chi connectivity index (χ2n) is 5.77. The standard InChI is InChI=1S/C16H16F3N3O2/c1-10-2-5-12(20-15(23)11-3-4-11)13(8-10)24-9-22-7-6-14(21-22)16(17,18)19/h2,5-8,11H,3-4,9H2,1H3,(H,20,23). The van der Waals surface area contributed by atoms with Crippen molar-refractivity contribution >= 4 is 11.6 Å². The number of anilines is 1. The molecule has 1 aliphatic carbocycles. The van der Waals surface area contributed by atoms with Gasteiger partial charge in [0.25, 0.3) is 0 Å². The minimum absolute atomic E-state index is 0.0413. The van der Waals surface area contributed by atoms with Crippen LogP contribution < -0.4 is 10.1 Å². The number of nitrogens with zero attached hydrogens (tertiary/aromatic N) is 2. The molecule has 1 aliphatic rings. The van der Waals surface area contributed by atoms with E-state index in [1.807, 2.05) is 13.0 Å². The molecule has 1 aromatic carbocycles. The van der Waals surface area contributed by atoms with Gasteiger partial charge in [-0.2, -0.15) is 18.3 Å². The molecule has 0 aliphatic heterocycles. The highest BCUT2D eigenvalue weighted by Crippen LogP contribution is 2.33. The van der Waals surface area contributed by atoms with Crippen molar-refractivity contribution in [2.45, 2.75) is 32.7 Å². The van der Waals surface area contributed by atoms with E-state index in [1.165, 1.54) is 6.20 Å². The number of ether oxygens (including phenoxy) is 1. The minimum Gasteiger partial charge on any atom is -0.469 e. The van der Waals surface area contributed by atoms with Gasteiger partial charge in [-0.05, 0) is 43.5 Å². The molecule has 5 nitrogen and oxygen atoms in total. The fourth-order valence-electron chi connectivity index (χ4n) is 2.15. The summed E-state index contributed by atoms with van der Waals surface area (Å²) in [6, 6.07) is 6.15. The van der Waals surface area contributed by atoms with E-state index in [9.17, 15) is 18.0 Å². The van der Waals surface area contributed by atoms with Crippen molar-refractivity contribution < 1.29 is 22.7 Å². The van der Waals surface area contributed by atoms with Crippen LogP contribution in [0, 0.1) is 12.8 Å². The van der Waals surface area contributed by atoms with Gasteiger partial charge in [0.15, 0.2) is 12.4 Å². The maximum Gasteiger partial charge on any atom is 0.435 e. The van der Waals surface area contributed by atoms with E-state index in [-0.39, 0.29) is 18.6 Å². The number of hydrogen-bond acceptors (Lipinski definition) is 3. The SMILES string of the molecule is Cc1ccc(NC(=O)C2CC2)c(OCn2ccc(C(F)(F)F)n2)c1. The molecule has 1 amide bonds. The third-order valence-electron chi connectivity index (χ3n) is 3.63. The zero-order chi connectivity index (χ0) is 17.3. The van der Waals surface area contributed by atoms with Crippen LogP contribution in [0.3, 0.4) is 0 Å². The molecule has 1 aromatic heterocycles. The van der Waals surface area contributed by atoms with E-state index in [0.717, 1.165) is 29.2 Å². The van der Waals surface area contributed by atoms with Gasteiger partial charge in [0, 0.05) is 12.1 Å². The van der Waals surface area contributed by atoms with Gasteiger partial charge in [0.1, 0.15) is 5.75 Å². The second kappa shape index (κ2) is 6.18. The molecule has 1 fully saturated rings. The average molecular weight is 339 g/mol. The molecule has 24 heavy (non-hydrogen) atoms. The summed E-state index contributed by atoms with van der Waals surface area (Å²) in [6.07, 6.45) is -1.54. The van der Waals surface area contributed by atoms with Crippen LogP contribution in [0.5, 0.6) is 5.75 Å². The lowest BCUT2D eigenvalue weighted by Crippen LogP contribution is -2.15. The van der Waals surface area contributed by atoms with Gasteiger partial charge in [0.2, 0.25) is 5.91 Å². The average Bonchev–Trinajstić information content (AvgIpc) is 3.24. The normalized spacial score (nSPS) is 14.5. The smallest absolute Gasteiger partial charge is 0.435 e. The van der Waals surface area contributed by atoms with E-state index in [1.54, 1.807) is 12.1 Å². The number of nitrogens with one attached hydrogen (secondary N) is 1. The van der Waals surface area contributed by atoms with Crippen LogP contribution >= 0.6 is 0 Å². The Labute approximate surface area is 136 Å². The van der Waals surface area contributed by atoms with Crippen molar-refractivity contribution in [2.24, 2.45) is 5.92 Å². The topological polar surface area (TPSA) is 56.1 Å². The first-order chi connectivity index (χ1) is 11.3. The molecule has 8 heteroatoms. The quantitative estimate of drug-likeness (QED) is 0.906. The van der Waals surface area contributed by atoms with Crippen LogP contribution in [0.25, 0.3) is 0 Å². The number of carbonyl (C=O) groups is 1. The predicted octanol–water partition coefficient (Wildman–Crippen LogP) is 3.60. The molecular weight excluding hydrogens is 323 g/mol. The minimum atomic E-state index is -4.49. The van der Waals surface area contributed by atoms with Crippen LogP contribution in [-0.2, 0) is 17.7 Å². The molecule has 1 saturated carbocycles. The first-order valence-electron chi connectivity index (χ1n) is 7.48. The molecule has 1 heterocycles. The molecule has 0 spiro atoms. The molecule has 0 bridgehead atoms. The first-order valence-corrected chi connectivity index (χ1v) is 7.48. The summed E-state index contributed by atoms with van der Waals surface area (Å²) in [5.41, 5.74) is 0.434. The van der Waals surface area contributed by atoms with Crippen LogP contribution in [0.15, 0.2) is 30.5 Å². The maximum atomic E-state index is 12.5. The molecule has 0 saturated heterocycles. The third kappa shape index (κ3) is 3.87. The predicted molar refractivity (Wildman–Crippen MR) is 80.4 cm³/mol. The van der Waals surface area contributed by atoms with Crippen molar-refractivity contribution in [1.29, 1.82) is 0 Å². The summed E-state index contributed by atoms with van der Waals surface area (Å²) < 4.78 is 44.2. The Kier molecular flexibility index (Phi) is 4.21. The molecule has 2 aromatic rings. The maximum absolute atomic E-state index is 12.5. The van der Waals surface area contributed by atoms with Crippen LogP contribution in [0.4, 0.5) is 18.9 Å². The van der Waals surface area contributed by atoms with Crippen molar-refractivity contribution in [3.8, 4) is 5.75 Å². The highest BCUT2D eigenvalue weighted by atomic mass is 19.4. The fraction of sp³-hybridized carbons (Fsp3) is 0.375. The van der Waals surface area contributed by atoms with E-state index in [0.29, 0.717) is 11.4 Å². The van der Waals surface area contributed by atoms with Gasteiger partial charge in [-0.15, -0.1) is 0 Å². The Morgan fingerprint density at radius 1 is 1.38 bits per heavy atom. The van der Waals surface area contributed by atoms with Gasteiger partial charge in [-0.25, -0.2) is 4.68 Å². The summed E-state index contributed by atoms with van der Waals surface area (Å²) in [5.74, 6) is 0.370. The largest absolute Gasteiger partial charge is 0.469 e. The van der Waals surface area contributed by atoms with E-state index >= 15 is 0 Å². The van der Waals surface area contributed by atoms with Gasteiger partial charge in [-0.1, -0.05) is 6.07 Å². The zero-order valence-electron chi connectivity index (χ0n) is 12.9. The van der Waals surface area contributed by atoms with Crippen LogP contribution in [0.2, 0.25) is 0 Å². The van der Waals surface area contributed by atoms with E-state index in [2.05, 4.69) is 10.4 Å². The number of alkyl halides is 3. The van der Waals surface area contributed by atoms with Crippen molar-refractivity contribution in [1.82, 2.24) is 9.78 Å². The number of aryl methyl sites for hydroxylation is 1. The Bertz CT molecular complexity index is 751. The second-order valence-corrected chi connectivity index (χ2v) is 5.77. The Balaban J connectivity index is 1.70. The van der Waals surface area contributed by atoms with Crippen molar-refractivity contribution in [3.63, 3.8) is 0 Å². The summed E-state index contributed by atoms with van der Waals surface area (Å²) in [4.78, 5) is 11.9. The molecule has 128 valence electrons. The Hall–Kier alpha value is -2.51. The van der Waals surface area contributed by atoms with Crippen LogP contribution in [-0.4, -0.2) is 15.7 Å². The highest BCUT2D eigenvalue weighted by Gasteiger charge is 2.33. The summed E-state index contributed by atoms with van der Waals surface area (Å²) in [6.45, 7) is 1.67. The lowest BCUT2D eigenvalue weighted by atomic mass is 10.2. The molecule has 0 atom stereocenters. The summed E-state index contributed by atoms with van der Waals surface area (Å²) in [7, 11) is 0. The third-order valence-corrected chi connectivity index (χ3v) is 3.63. The fourth-order valence-corrected chi connectivity index (χ4v) is 2.15. The number of halogens is 3. The summed E-state index contributed by atoms with van der Waals surface area (Å²) in [5, 5.41) is 6.22. The van der Waals surface area contributed by atoms with Crippen LogP contribution in [0.1, 0.15) is 24.1 Å². The number of rotatable bonds is 5. The Morgan fingerprint density at radius 2 is 2.12 bits per heavy atom. The molecule has 3 rings (SSSR count). The lowest BCUT2D eigenvalue weighted by molar-refractivity contribution is -0.141. The van der Waals surface area contributed by atoms with Gasteiger partial charge >= 0.3 is 6.18 Å². The highest BCUT2D eigenvalue weighted by molar-refractivity contribution is 5.95. The molecule has 0 radical (unpaired) electrons. The summed E-state index contributed by atoms with van der Waals surface area (Å²) >= 11 is 0. The molecular formula is C16H16F3N3O2. The van der Waals surface area contributed by atoms with Gasteiger partial charge in [-0.3, -0.25) is 4.79 Å². The van der Waals surface area contributed by atoms with E-state index in [4.69, 9.17) is 4.74 Å². The number of carbonyl (C=O) groups excluding carboxylic acids is 1. The van der Waals surface area contributed by atoms with Gasteiger partial charge < -0.3 is 10.1 Å². The first kappa shape index (κ1) is 16.4. The zero-order valence-corrected chi connectivity index (χ0v) is 12.9. The monoisotopic (exact) mass is 339 g/mol. The van der Waals surface area contributed by atoms with E-state index < -0.39 is 11.9 Å². The Morgan fingerprint density at radius 3 is 2.75 bits per heavy atom. The number of amides is 1. The van der Waals surface area contributed by atoms with Gasteiger partial charge in [0.05, 0.1) is 5.69 Å².